The van der Waals surface area contributed by atoms with Crippen molar-refractivity contribution >= 4 is 39.5 Å². The Morgan fingerprint density at radius 3 is 3.00 bits per heavy atom. The first kappa shape index (κ1) is 8.49. The molecule has 0 spiro atoms. The maximum atomic E-state index is 10.7. The maximum absolute atomic E-state index is 10.7. The van der Waals surface area contributed by atoms with Crippen LogP contribution in [0.3, 0.4) is 0 Å². The molecule has 13 heavy (non-hydrogen) atoms. The first-order chi connectivity index (χ1) is 6.18. The van der Waals surface area contributed by atoms with E-state index in [0.717, 1.165) is 14.5 Å². The summed E-state index contributed by atoms with van der Waals surface area (Å²) < 4.78 is 0.890. The van der Waals surface area contributed by atoms with Crippen molar-refractivity contribution in [3.63, 3.8) is 0 Å². The number of aromatic carboxylic acids is 1. The molecular formula is C8H5IN2O2. The number of carboxylic acids is 1. The van der Waals surface area contributed by atoms with Crippen LogP contribution < -0.4 is 0 Å². The molecule has 2 N–H and O–H groups in total. The van der Waals surface area contributed by atoms with E-state index in [2.05, 4.69) is 32.8 Å². The number of benzene rings is 1. The molecule has 0 fully saturated rings. The lowest BCUT2D eigenvalue weighted by molar-refractivity contribution is 0.0697. The van der Waals surface area contributed by atoms with Gasteiger partial charge in [-0.1, -0.05) is 0 Å². The second-order valence-electron chi connectivity index (χ2n) is 2.59. The van der Waals surface area contributed by atoms with Crippen molar-refractivity contribution in [2.75, 3.05) is 0 Å². The summed E-state index contributed by atoms with van der Waals surface area (Å²) in [5.74, 6) is -0.922. The summed E-state index contributed by atoms with van der Waals surface area (Å²) in [6.45, 7) is 0. The molecule has 0 aliphatic rings. The smallest absolute Gasteiger partial charge is 0.335 e. The van der Waals surface area contributed by atoms with Crippen LogP contribution in [-0.2, 0) is 0 Å². The Hall–Kier alpha value is -1.11. The largest absolute Gasteiger partial charge is 0.478 e. The van der Waals surface area contributed by atoms with Crippen LogP contribution in [-0.4, -0.2) is 21.3 Å². The lowest BCUT2D eigenvalue weighted by atomic mass is 10.2. The summed E-state index contributed by atoms with van der Waals surface area (Å²) in [4.78, 5) is 10.7. The van der Waals surface area contributed by atoms with Crippen molar-refractivity contribution in [2.24, 2.45) is 0 Å². The molecule has 0 saturated carbocycles. The highest BCUT2D eigenvalue weighted by Gasteiger charge is 2.07. The zero-order chi connectivity index (χ0) is 9.42. The molecule has 5 heteroatoms. The quantitative estimate of drug-likeness (QED) is 0.787. The Kier molecular flexibility index (Phi) is 1.95. The molecule has 0 aliphatic heterocycles. The van der Waals surface area contributed by atoms with Crippen LogP contribution >= 0.6 is 22.6 Å². The number of aromatic nitrogens is 2. The monoisotopic (exact) mass is 288 g/mol. The molecule has 1 aromatic heterocycles. The minimum absolute atomic E-state index is 0.279. The maximum Gasteiger partial charge on any atom is 0.335 e. The molecule has 0 unspecified atom stereocenters. The molecule has 0 amide bonds. The Morgan fingerprint density at radius 2 is 2.31 bits per heavy atom. The van der Waals surface area contributed by atoms with Crippen molar-refractivity contribution in [3.05, 3.63) is 27.5 Å². The predicted molar refractivity (Wildman–Crippen MR) is 55.8 cm³/mol. The minimum atomic E-state index is -0.922. The van der Waals surface area contributed by atoms with E-state index in [1.165, 1.54) is 0 Å². The van der Waals surface area contributed by atoms with E-state index in [1.807, 2.05) is 0 Å². The third kappa shape index (κ3) is 1.39. The van der Waals surface area contributed by atoms with E-state index in [-0.39, 0.29) is 5.56 Å². The third-order valence-electron chi connectivity index (χ3n) is 1.76. The standard InChI is InChI=1S/C8H5IN2O2/c9-6-1-4(8(12)13)2-7-5(6)3-10-11-7/h1-3H,(H,10,11)(H,12,13). The fraction of sp³-hybridized carbons (Fsp3) is 0. The fourth-order valence-corrected chi connectivity index (χ4v) is 1.90. The average molecular weight is 288 g/mol. The van der Waals surface area contributed by atoms with Crippen molar-refractivity contribution in [1.29, 1.82) is 0 Å². The number of fused-ring (bicyclic) bond motifs is 1. The van der Waals surface area contributed by atoms with E-state index in [0.29, 0.717) is 0 Å². The minimum Gasteiger partial charge on any atom is -0.478 e. The van der Waals surface area contributed by atoms with Gasteiger partial charge in [0.1, 0.15) is 0 Å². The molecule has 2 aromatic rings. The topological polar surface area (TPSA) is 66.0 Å². The molecule has 66 valence electrons. The van der Waals surface area contributed by atoms with Crippen LogP contribution in [0.4, 0.5) is 0 Å². The number of carbonyl (C=O) groups is 1. The number of H-pyrrole nitrogens is 1. The van der Waals surface area contributed by atoms with E-state index in [9.17, 15) is 4.79 Å². The molecule has 0 radical (unpaired) electrons. The van der Waals surface area contributed by atoms with Crippen molar-refractivity contribution in [1.82, 2.24) is 10.2 Å². The summed E-state index contributed by atoms with van der Waals surface area (Å²) in [6.07, 6.45) is 1.68. The summed E-state index contributed by atoms with van der Waals surface area (Å²) >= 11 is 2.09. The van der Waals surface area contributed by atoms with E-state index >= 15 is 0 Å². The van der Waals surface area contributed by atoms with Gasteiger partial charge >= 0.3 is 5.97 Å². The molecule has 0 atom stereocenters. The average Bonchev–Trinajstić information content (AvgIpc) is 2.51. The summed E-state index contributed by atoms with van der Waals surface area (Å²) in [5.41, 5.74) is 1.03. The van der Waals surface area contributed by atoms with Crippen LogP contribution in [0, 0.1) is 3.57 Å². The SMILES string of the molecule is O=C(O)c1cc(I)c2cn[nH]c2c1. The van der Waals surface area contributed by atoms with Crippen molar-refractivity contribution in [3.8, 4) is 0 Å². The molecule has 1 heterocycles. The number of halogens is 1. The van der Waals surface area contributed by atoms with E-state index in [4.69, 9.17) is 5.11 Å². The number of hydrogen-bond acceptors (Lipinski definition) is 2. The van der Waals surface area contributed by atoms with Gasteiger partial charge in [-0.3, -0.25) is 5.10 Å². The zero-order valence-electron chi connectivity index (χ0n) is 6.41. The number of nitrogens with zero attached hydrogens (tertiary/aromatic N) is 1. The summed E-state index contributed by atoms with van der Waals surface area (Å²) in [5, 5.41) is 16.3. The van der Waals surface area contributed by atoms with Gasteiger partial charge in [0.2, 0.25) is 0 Å². The second kappa shape index (κ2) is 2.99. The lowest BCUT2D eigenvalue weighted by Crippen LogP contribution is -1.96. The lowest BCUT2D eigenvalue weighted by Gasteiger charge is -1.96. The number of hydrogen-bond donors (Lipinski definition) is 2. The van der Waals surface area contributed by atoms with Crippen LogP contribution in [0.2, 0.25) is 0 Å². The van der Waals surface area contributed by atoms with Crippen molar-refractivity contribution in [2.45, 2.75) is 0 Å². The number of carboxylic acid groups (broad SMARTS) is 1. The van der Waals surface area contributed by atoms with Gasteiger partial charge in [0.25, 0.3) is 0 Å². The first-order valence-electron chi connectivity index (χ1n) is 3.54. The highest BCUT2D eigenvalue weighted by Crippen LogP contribution is 2.20. The number of aromatic amines is 1. The Labute approximate surface area is 87.1 Å². The van der Waals surface area contributed by atoms with Gasteiger partial charge in [-0.25, -0.2) is 4.79 Å². The van der Waals surface area contributed by atoms with E-state index < -0.39 is 5.97 Å². The van der Waals surface area contributed by atoms with Gasteiger partial charge in [0.15, 0.2) is 0 Å². The highest BCUT2D eigenvalue weighted by atomic mass is 127. The Balaban J connectivity index is 2.77. The van der Waals surface area contributed by atoms with E-state index in [1.54, 1.807) is 18.3 Å². The van der Waals surface area contributed by atoms with Crippen LogP contribution in [0.15, 0.2) is 18.3 Å². The van der Waals surface area contributed by atoms with Gasteiger partial charge in [0, 0.05) is 8.96 Å². The molecule has 2 rings (SSSR count). The number of rotatable bonds is 1. The van der Waals surface area contributed by atoms with Gasteiger partial charge in [0.05, 0.1) is 17.3 Å². The third-order valence-corrected chi connectivity index (χ3v) is 2.65. The molecule has 1 aromatic carbocycles. The van der Waals surface area contributed by atoms with Crippen LogP contribution in [0.1, 0.15) is 10.4 Å². The highest BCUT2D eigenvalue weighted by molar-refractivity contribution is 14.1. The number of nitrogens with one attached hydrogen (secondary N) is 1. The predicted octanol–water partition coefficient (Wildman–Crippen LogP) is 1.87. The second-order valence-corrected chi connectivity index (χ2v) is 3.76. The van der Waals surface area contributed by atoms with Gasteiger partial charge in [-0.2, -0.15) is 5.10 Å². The van der Waals surface area contributed by atoms with Crippen LogP contribution in [0.5, 0.6) is 0 Å². The molecule has 0 saturated heterocycles. The molecular weight excluding hydrogens is 283 g/mol. The first-order valence-corrected chi connectivity index (χ1v) is 4.62. The van der Waals surface area contributed by atoms with Gasteiger partial charge in [-0.05, 0) is 34.7 Å². The molecule has 0 aliphatic carbocycles. The zero-order valence-corrected chi connectivity index (χ0v) is 8.57. The Morgan fingerprint density at radius 1 is 1.54 bits per heavy atom. The van der Waals surface area contributed by atoms with Gasteiger partial charge in [-0.15, -0.1) is 0 Å². The summed E-state index contributed by atoms with van der Waals surface area (Å²) in [6, 6.07) is 3.20. The summed E-state index contributed by atoms with van der Waals surface area (Å²) in [7, 11) is 0. The normalized spacial score (nSPS) is 10.5. The molecule has 0 bridgehead atoms. The molecule has 4 nitrogen and oxygen atoms in total. The van der Waals surface area contributed by atoms with Gasteiger partial charge < -0.3 is 5.11 Å². The fourth-order valence-electron chi connectivity index (χ4n) is 1.13. The Bertz CT molecular complexity index is 478. The van der Waals surface area contributed by atoms with Crippen molar-refractivity contribution < 1.29 is 9.90 Å². The van der Waals surface area contributed by atoms with Crippen LogP contribution in [0.25, 0.3) is 10.9 Å².